The number of halogens is 3. The number of aromatic amines is 1. The lowest BCUT2D eigenvalue weighted by Crippen LogP contribution is -2.33. The van der Waals surface area contributed by atoms with E-state index in [4.69, 9.17) is 11.5 Å². The van der Waals surface area contributed by atoms with Crippen molar-refractivity contribution in [2.24, 2.45) is 11.5 Å². The fraction of sp³-hybridized carbons (Fsp3) is 0.222. The van der Waals surface area contributed by atoms with E-state index in [1.54, 1.807) is 30.9 Å². The molecule has 0 atom stereocenters. The van der Waals surface area contributed by atoms with Gasteiger partial charge in [-0.15, -0.1) is 0 Å². The molecule has 0 bridgehead atoms. The SMILES string of the molecule is Fc1cccn2nccc12.N/C(=C\C=C(/N)N1CCc2nc[nH]c2C1)C(F)F. The number of aromatic nitrogens is 4. The van der Waals surface area contributed by atoms with E-state index < -0.39 is 12.1 Å². The van der Waals surface area contributed by atoms with Crippen LogP contribution in [0.25, 0.3) is 5.52 Å². The van der Waals surface area contributed by atoms with Gasteiger partial charge >= 0.3 is 0 Å². The smallest absolute Gasteiger partial charge is 0.277 e. The number of alkyl halides is 2. The molecule has 10 heteroatoms. The fourth-order valence-electron chi connectivity index (χ4n) is 2.71. The van der Waals surface area contributed by atoms with E-state index in [9.17, 15) is 13.2 Å². The maximum absolute atomic E-state index is 12.8. The van der Waals surface area contributed by atoms with Crippen molar-refractivity contribution in [3.8, 4) is 0 Å². The number of hydrogen-bond donors (Lipinski definition) is 3. The topological polar surface area (TPSA) is 101 Å². The highest BCUT2D eigenvalue weighted by Crippen LogP contribution is 2.17. The van der Waals surface area contributed by atoms with Gasteiger partial charge in [0, 0.05) is 19.2 Å². The zero-order valence-corrected chi connectivity index (χ0v) is 14.9. The Morgan fingerprint density at radius 2 is 2.07 bits per heavy atom. The van der Waals surface area contributed by atoms with E-state index in [0.717, 1.165) is 23.9 Å². The molecule has 0 fully saturated rings. The molecule has 0 saturated carbocycles. The molecule has 28 heavy (non-hydrogen) atoms. The van der Waals surface area contributed by atoms with E-state index in [-0.39, 0.29) is 5.82 Å². The number of allylic oxidation sites excluding steroid dienone is 3. The molecule has 5 N–H and O–H groups in total. The van der Waals surface area contributed by atoms with Crippen LogP contribution in [0.1, 0.15) is 11.4 Å². The van der Waals surface area contributed by atoms with Crippen molar-refractivity contribution in [2.45, 2.75) is 19.4 Å². The Morgan fingerprint density at radius 1 is 1.25 bits per heavy atom. The molecule has 0 amide bonds. The maximum atomic E-state index is 12.8. The van der Waals surface area contributed by atoms with Crippen molar-refractivity contribution >= 4 is 5.52 Å². The third-order valence-corrected chi connectivity index (χ3v) is 4.22. The summed E-state index contributed by atoms with van der Waals surface area (Å²) < 4.78 is 38.6. The first kappa shape index (κ1) is 19.3. The van der Waals surface area contributed by atoms with Crippen LogP contribution in [-0.4, -0.2) is 37.5 Å². The van der Waals surface area contributed by atoms with Gasteiger partial charge in [-0.2, -0.15) is 5.10 Å². The van der Waals surface area contributed by atoms with E-state index in [2.05, 4.69) is 15.1 Å². The molecule has 4 heterocycles. The van der Waals surface area contributed by atoms with Crippen molar-refractivity contribution in [1.82, 2.24) is 24.5 Å². The average Bonchev–Trinajstić information content (AvgIpc) is 3.35. The van der Waals surface area contributed by atoms with E-state index in [1.807, 2.05) is 4.90 Å². The number of nitrogens with one attached hydrogen (secondary N) is 1. The largest absolute Gasteiger partial charge is 0.397 e. The first-order valence-corrected chi connectivity index (χ1v) is 8.50. The highest BCUT2D eigenvalue weighted by molar-refractivity contribution is 5.46. The Morgan fingerprint density at radius 3 is 2.82 bits per heavy atom. The van der Waals surface area contributed by atoms with Crippen molar-refractivity contribution in [3.63, 3.8) is 0 Å². The number of pyridine rings is 1. The highest BCUT2D eigenvalue weighted by atomic mass is 19.3. The standard InChI is InChI=1S/C11H15F2N5.C7H5FN2/c12-11(13)7(14)1-2-10(15)18-4-3-8-9(5-18)17-6-16-8;8-6-2-1-5-10-7(6)3-4-9-10/h1-2,6,11H,3-5,14-15H2,(H,16,17);1-5H/b7-1-,10-2+;. The van der Waals surface area contributed by atoms with Gasteiger partial charge in [0.1, 0.15) is 11.3 Å². The fourth-order valence-corrected chi connectivity index (χ4v) is 2.71. The molecule has 3 aromatic heterocycles. The molecule has 4 rings (SSSR count). The van der Waals surface area contributed by atoms with E-state index in [0.29, 0.717) is 24.4 Å². The number of imidazole rings is 1. The number of fused-ring (bicyclic) bond motifs is 2. The van der Waals surface area contributed by atoms with Gasteiger partial charge in [0.2, 0.25) is 0 Å². The lowest BCUT2D eigenvalue weighted by molar-refractivity contribution is 0.188. The van der Waals surface area contributed by atoms with Crippen molar-refractivity contribution in [3.05, 3.63) is 77.8 Å². The van der Waals surface area contributed by atoms with Gasteiger partial charge in [-0.3, -0.25) is 0 Å². The summed E-state index contributed by atoms with van der Waals surface area (Å²) >= 11 is 0. The van der Waals surface area contributed by atoms with Crippen LogP contribution in [0.2, 0.25) is 0 Å². The van der Waals surface area contributed by atoms with Crippen LogP contribution in [-0.2, 0) is 13.0 Å². The Bertz CT molecular complexity index is 990. The molecule has 0 radical (unpaired) electrons. The second-order valence-electron chi connectivity index (χ2n) is 6.08. The van der Waals surface area contributed by atoms with Crippen LogP contribution in [0.4, 0.5) is 13.2 Å². The summed E-state index contributed by atoms with van der Waals surface area (Å²) in [5.74, 6) is 0.179. The minimum Gasteiger partial charge on any atom is -0.397 e. The molecule has 0 unspecified atom stereocenters. The summed E-state index contributed by atoms with van der Waals surface area (Å²) in [4.78, 5) is 9.09. The zero-order chi connectivity index (χ0) is 20.1. The summed E-state index contributed by atoms with van der Waals surface area (Å²) in [7, 11) is 0. The first-order chi connectivity index (χ1) is 13.5. The van der Waals surface area contributed by atoms with Gasteiger partial charge in [0.05, 0.1) is 42.0 Å². The summed E-state index contributed by atoms with van der Waals surface area (Å²) in [5, 5.41) is 3.86. The molecule has 3 aromatic rings. The van der Waals surface area contributed by atoms with Gasteiger partial charge in [-0.1, -0.05) is 0 Å². The lowest BCUT2D eigenvalue weighted by atomic mass is 10.1. The summed E-state index contributed by atoms with van der Waals surface area (Å²) in [6.07, 6.45) is 5.58. The quantitative estimate of drug-likeness (QED) is 0.594. The molecular formula is C18H20F3N7. The molecule has 0 saturated heterocycles. The van der Waals surface area contributed by atoms with Crippen molar-refractivity contribution in [1.29, 1.82) is 0 Å². The first-order valence-electron chi connectivity index (χ1n) is 8.50. The minimum atomic E-state index is -2.66. The number of rotatable bonds is 3. The Kier molecular flexibility index (Phi) is 5.87. The summed E-state index contributed by atoms with van der Waals surface area (Å²) in [6, 6.07) is 4.67. The van der Waals surface area contributed by atoms with Crippen molar-refractivity contribution in [2.75, 3.05) is 6.54 Å². The van der Waals surface area contributed by atoms with Crippen LogP contribution >= 0.6 is 0 Å². The molecule has 7 nitrogen and oxygen atoms in total. The van der Waals surface area contributed by atoms with Crippen LogP contribution in [0.15, 0.2) is 60.6 Å². The van der Waals surface area contributed by atoms with E-state index >= 15 is 0 Å². The van der Waals surface area contributed by atoms with Crippen LogP contribution in [0.5, 0.6) is 0 Å². The summed E-state index contributed by atoms with van der Waals surface area (Å²) in [6.45, 7) is 1.31. The molecule has 0 aliphatic carbocycles. The lowest BCUT2D eigenvalue weighted by Gasteiger charge is -2.28. The number of hydrogen-bond acceptors (Lipinski definition) is 5. The van der Waals surface area contributed by atoms with Gasteiger partial charge in [0.25, 0.3) is 6.43 Å². The third-order valence-electron chi connectivity index (χ3n) is 4.22. The third kappa shape index (κ3) is 4.45. The Balaban J connectivity index is 0.000000188. The van der Waals surface area contributed by atoms with Crippen LogP contribution in [0, 0.1) is 5.82 Å². The Hall–Kier alpha value is -3.43. The number of nitrogens with two attached hydrogens (primary N) is 2. The normalized spacial score (nSPS) is 14.8. The molecule has 1 aliphatic rings. The van der Waals surface area contributed by atoms with Crippen molar-refractivity contribution < 1.29 is 13.2 Å². The molecule has 0 spiro atoms. The second-order valence-corrected chi connectivity index (χ2v) is 6.08. The predicted molar refractivity (Wildman–Crippen MR) is 98.4 cm³/mol. The molecule has 148 valence electrons. The van der Waals surface area contributed by atoms with Gasteiger partial charge in [-0.25, -0.2) is 22.7 Å². The van der Waals surface area contributed by atoms with Gasteiger partial charge in [0.15, 0.2) is 0 Å². The highest BCUT2D eigenvalue weighted by Gasteiger charge is 2.18. The Labute approximate surface area is 159 Å². The van der Waals surface area contributed by atoms with Crippen LogP contribution < -0.4 is 11.5 Å². The predicted octanol–water partition coefficient (Wildman–Crippen LogP) is 2.15. The molecule has 0 aromatic carbocycles. The van der Waals surface area contributed by atoms with Gasteiger partial charge < -0.3 is 21.4 Å². The second kappa shape index (κ2) is 8.51. The zero-order valence-electron chi connectivity index (χ0n) is 14.9. The molecule has 1 aliphatic heterocycles. The summed E-state index contributed by atoms with van der Waals surface area (Å²) in [5.41, 5.74) is 13.0. The maximum Gasteiger partial charge on any atom is 0.277 e. The van der Waals surface area contributed by atoms with Crippen LogP contribution in [0.3, 0.4) is 0 Å². The number of nitrogens with zero attached hydrogens (tertiary/aromatic N) is 4. The number of H-pyrrole nitrogens is 1. The monoisotopic (exact) mass is 391 g/mol. The minimum absolute atomic E-state index is 0.236. The molecular weight excluding hydrogens is 371 g/mol. The van der Waals surface area contributed by atoms with Gasteiger partial charge in [-0.05, 0) is 30.4 Å². The van der Waals surface area contributed by atoms with E-state index in [1.165, 1.54) is 16.7 Å². The average molecular weight is 391 g/mol.